The van der Waals surface area contributed by atoms with E-state index in [1.165, 1.54) is 18.2 Å². The average molecular weight is 590 g/mol. The fourth-order valence-electron chi connectivity index (χ4n) is 5.64. The molecule has 1 heterocycles. The second kappa shape index (κ2) is 10.7. The topological polar surface area (TPSA) is 88.7 Å². The van der Waals surface area contributed by atoms with Gasteiger partial charge in [0.05, 0.1) is 11.6 Å². The largest absolute Gasteiger partial charge is 0.484 e. The Balaban J connectivity index is 1.16. The maximum absolute atomic E-state index is 13.6. The fraction of sp³-hybridized carbons (Fsp3) is 0.462. The van der Waals surface area contributed by atoms with E-state index in [1.807, 2.05) is 0 Å². The minimum atomic E-state index is -4.42. The van der Waals surface area contributed by atoms with Crippen LogP contribution in [0, 0.1) is 11.7 Å². The molecule has 0 saturated heterocycles. The molecule has 1 unspecified atom stereocenters. The Labute approximate surface area is 231 Å². The summed E-state index contributed by atoms with van der Waals surface area (Å²) in [6, 6.07) is 7.55. The Morgan fingerprint density at radius 1 is 1.10 bits per heavy atom. The molecule has 3 saturated carbocycles. The number of hydrogen-bond donors (Lipinski definition) is 3. The quantitative estimate of drug-likeness (QED) is 0.388. The first-order valence-corrected chi connectivity index (χ1v) is 13.1. The van der Waals surface area contributed by atoms with Gasteiger partial charge in [-0.3, -0.25) is 9.59 Å². The van der Waals surface area contributed by atoms with Gasteiger partial charge in [0.1, 0.15) is 17.3 Å². The van der Waals surface area contributed by atoms with Gasteiger partial charge in [0.25, 0.3) is 11.8 Å². The van der Waals surface area contributed by atoms with Crippen LogP contribution >= 0.6 is 23.2 Å². The molecule has 0 aromatic heterocycles. The van der Waals surface area contributed by atoms with Crippen molar-refractivity contribution in [2.45, 2.75) is 55.6 Å². The molecule has 1 aliphatic heterocycles. The van der Waals surface area contributed by atoms with Crippen molar-refractivity contribution >= 4 is 35.0 Å². The lowest BCUT2D eigenvalue weighted by atomic mass is 9.76. The molecule has 2 aromatic carbocycles. The van der Waals surface area contributed by atoms with Gasteiger partial charge in [0, 0.05) is 40.7 Å². The third kappa shape index (κ3) is 6.36. The highest BCUT2D eigenvalue weighted by molar-refractivity contribution is 6.31. The maximum atomic E-state index is 13.6. The normalized spacial score (nSPS) is 27.1. The molecule has 0 radical (unpaired) electrons. The predicted octanol–water partition coefficient (Wildman–Crippen LogP) is 4.71. The highest BCUT2D eigenvalue weighted by Crippen LogP contribution is 2.52. The lowest BCUT2D eigenvalue weighted by Gasteiger charge is -2.41. The van der Waals surface area contributed by atoms with E-state index >= 15 is 0 Å². The van der Waals surface area contributed by atoms with Crippen LogP contribution in [0.2, 0.25) is 10.0 Å². The van der Waals surface area contributed by atoms with E-state index in [0.29, 0.717) is 35.6 Å². The summed E-state index contributed by atoms with van der Waals surface area (Å²) < 4.78 is 63.4. The van der Waals surface area contributed by atoms with Crippen molar-refractivity contribution in [3.05, 3.63) is 57.8 Å². The molecule has 210 valence electrons. The highest BCUT2D eigenvalue weighted by Gasteiger charge is 2.57. The molecule has 39 heavy (non-hydrogen) atoms. The molecule has 13 heteroatoms. The molecule has 3 fully saturated rings. The number of nitrogens with one attached hydrogen (secondary N) is 3. The summed E-state index contributed by atoms with van der Waals surface area (Å²) in [4.78, 5) is 25.6. The van der Waals surface area contributed by atoms with E-state index in [-0.39, 0.29) is 41.7 Å². The van der Waals surface area contributed by atoms with Gasteiger partial charge in [-0.15, -0.1) is 0 Å². The number of ether oxygens (including phenoxy) is 2. The van der Waals surface area contributed by atoms with Gasteiger partial charge >= 0.3 is 6.18 Å². The van der Waals surface area contributed by atoms with E-state index < -0.39 is 42.1 Å². The molecule has 7 nitrogen and oxygen atoms in total. The Morgan fingerprint density at radius 2 is 1.87 bits per heavy atom. The average Bonchev–Trinajstić information content (AvgIpc) is 3.36. The zero-order chi connectivity index (χ0) is 27.9. The zero-order valence-electron chi connectivity index (χ0n) is 20.4. The van der Waals surface area contributed by atoms with Gasteiger partial charge in [-0.05, 0) is 55.5 Å². The highest BCUT2D eigenvalue weighted by atomic mass is 35.5. The first-order valence-electron chi connectivity index (χ1n) is 12.4. The van der Waals surface area contributed by atoms with Gasteiger partial charge in [-0.2, -0.15) is 13.2 Å². The molecule has 0 spiro atoms. The van der Waals surface area contributed by atoms with Crippen LogP contribution in [-0.2, 0) is 9.59 Å². The monoisotopic (exact) mass is 589 g/mol. The van der Waals surface area contributed by atoms with Crippen molar-refractivity contribution in [3.63, 3.8) is 0 Å². The van der Waals surface area contributed by atoms with Gasteiger partial charge in [0.15, 0.2) is 12.7 Å². The molecular weight excluding hydrogens is 565 g/mol. The number of halogens is 6. The van der Waals surface area contributed by atoms with E-state index in [1.54, 1.807) is 12.1 Å². The lowest BCUT2D eigenvalue weighted by molar-refractivity contribution is -0.133. The maximum Gasteiger partial charge on any atom is 0.401 e. The molecule has 3 aliphatic carbocycles. The molecule has 6 rings (SSSR count). The Morgan fingerprint density at radius 3 is 2.59 bits per heavy atom. The van der Waals surface area contributed by atoms with E-state index in [2.05, 4.69) is 16.0 Å². The number of rotatable bonds is 8. The minimum absolute atomic E-state index is 0.00242. The first kappa shape index (κ1) is 27.8. The molecule has 2 amide bonds. The summed E-state index contributed by atoms with van der Waals surface area (Å²) in [5, 5.41) is 8.70. The standard InChI is InChI=1S/C26H25Cl2F4N3O4/c27-14-1-4-21-16(5-14)19(33-12-26(30,31)32)7-22(39-21)24(37)35-25-8-13(9-25)20(10-25)34-23(36)11-38-15-2-3-17(28)18(29)6-15/h1-6,13,19-20,22,33H,7-12H2,(H,34,36)(H,35,37)/t13?,19-,20?,22-,25?/m0/s1. The second-order valence-electron chi connectivity index (χ2n) is 10.3. The molecular formula is C26H25Cl2F4N3O4. The second-order valence-corrected chi connectivity index (χ2v) is 11.1. The molecule has 2 bridgehead atoms. The first-order chi connectivity index (χ1) is 18.4. The van der Waals surface area contributed by atoms with Crippen LogP contribution in [0.15, 0.2) is 36.4 Å². The van der Waals surface area contributed by atoms with Crippen molar-refractivity contribution in [2.75, 3.05) is 13.2 Å². The van der Waals surface area contributed by atoms with Crippen LogP contribution in [0.3, 0.4) is 0 Å². The van der Waals surface area contributed by atoms with Gasteiger partial charge < -0.3 is 25.4 Å². The van der Waals surface area contributed by atoms with E-state index in [9.17, 15) is 27.2 Å². The lowest BCUT2D eigenvalue weighted by Crippen LogP contribution is -2.56. The van der Waals surface area contributed by atoms with Crippen molar-refractivity contribution < 1.29 is 36.6 Å². The van der Waals surface area contributed by atoms with Crippen molar-refractivity contribution in [2.24, 2.45) is 5.92 Å². The molecule has 4 aliphatic rings. The van der Waals surface area contributed by atoms with Crippen LogP contribution < -0.4 is 25.4 Å². The summed E-state index contributed by atoms with van der Waals surface area (Å²) >= 11 is 11.7. The smallest absolute Gasteiger partial charge is 0.401 e. The predicted molar refractivity (Wildman–Crippen MR) is 134 cm³/mol. The number of amides is 2. The van der Waals surface area contributed by atoms with Gasteiger partial charge in [0.2, 0.25) is 0 Å². The van der Waals surface area contributed by atoms with Gasteiger partial charge in [-0.1, -0.05) is 23.2 Å². The summed E-state index contributed by atoms with van der Waals surface area (Å²) in [6.45, 7) is -1.53. The molecule has 3 N–H and O–H groups in total. The summed E-state index contributed by atoms with van der Waals surface area (Å²) in [6.07, 6.45) is -3.62. The number of alkyl halides is 3. The van der Waals surface area contributed by atoms with Crippen molar-refractivity contribution in [1.82, 2.24) is 16.0 Å². The Kier molecular flexibility index (Phi) is 7.60. The number of hydrogen-bond acceptors (Lipinski definition) is 5. The Hall–Kier alpha value is -2.76. The van der Waals surface area contributed by atoms with E-state index in [4.69, 9.17) is 32.7 Å². The van der Waals surface area contributed by atoms with Crippen molar-refractivity contribution in [1.29, 1.82) is 0 Å². The van der Waals surface area contributed by atoms with Crippen LogP contribution in [-0.4, -0.2) is 48.8 Å². The van der Waals surface area contributed by atoms with Gasteiger partial charge in [-0.25, -0.2) is 4.39 Å². The summed E-state index contributed by atoms with van der Waals surface area (Å²) in [5.74, 6) is -0.821. The minimum Gasteiger partial charge on any atom is -0.484 e. The molecule has 2 aromatic rings. The number of carbonyl (C=O) groups excluding carboxylic acids is 2. The third-order valence-corrected chi connectivity index (χ3v) is 7.93. The SMILES string of the molecule is O=C(COc1ccc(Cl)c(F)c1)NC1CC2(NC(=O)[C@@H]3C[C@H](NCC(F)(F)F)c4cc(Cl)ccc4O3)CC1C2. The fourth-order valence-corrected chi connectivity index (χ4v) is 5.94. The summed E-state index contributed by atoms with van der Waals surface area (Å²) in [5.41, 5.74) is -0.0665. The van der Waals surface area contributed by atoms with Crippen LogP contribution in [0.4, 0.5) is 17.6 Å². The van der Waals surface area contributed by atoms with Crippen molar-refractivity contribution in [3.8, 4) is 11.5 Å². The zero-order valence-corrected chi connectivity index (χ0v) is 21.9. The number of benzene rings is 2. The number of fused-ring (bicyclic) bond motifs is 2. The number of carbonyl (C=O) groups is 2. The molecule has 3 atom stereocenters. The third-order valence-electron chi connectivity index (χ3n) is 7.39. The van der Waals surface area contributed by atoms with Crippen LogP contribution in [0.1, 0.15) is 37.3 Å². The van der Waals surface area contributed by atoms with E-state index in [0.717, 1.165) is 6.07 Å². The van der Waals surface area contributed by atoms with Crippen LogP contribution in [0.5, 0.6) is 11.5 Å². The summed E-state index contributed by atoms with van der Waals surface area (Å²) in [7, 11) is 0. The van der Waals surface area contributed by atoms with Crippen LogP contribution in [0.25, 0.3) is 0 Å². The Bertz CT molecular complexity index is 1270.